The van der Waals surface area contributed by atoms with Gasteiger partial charge in [0.05, 0.1) is 22.1 Å². The maximum absolute atomic E-state index is 5.27. The molecular formula is C52H42N4. The van der Waals surface area contributed by atoms with Gasteiger partial charge in [0.2, 0.25) is 0 Å². The van der Waals surface area contributed by atoms with Crippen molar-refractivity contribution >= 4 is 22.1 Å². The van der Waals surface area contributed by atoms with Gasteiger partial charge in [-0.2, -0.15) is 0 Å². The molecule has 0 saturated carbocycles. The van der Waals surface area contributed by atoms with Gasteiger partial charge in [-0.15, -0.1) is 0 Å². The van der Waals surface area contributed by atoms with E-state index in [0.29, 0.717) is 0 Å². The molecule has 2 aliphatic rings. The maximum atomic E-state index is 5.27. The summed E-state index contributed by atoms with van der Waals surface area (Å²) in [7, 11) is 0. The maximum Gasteiger partial charge on any atom is 0.145 e. The summed E-state index contributed by atoms with van der Waals surface area (Å²) < 4.78 is 4.63. The molecule has 4 heteroatoms. The Kier molecular flexibility index (Phi) is 6.75. The molecule has 0 bridgehead atoms. The standard InChI is InChI=1S/C52H42N4/c1-31-27-33(49-53-41-21-13-15-23-43(41)55(49)35-17-9-7-10-18-35)29-39-45(31)37-25-26-38-46-32(2)28-34(30-40(46)52(5,6)48(38)47(37)51(39,3)4)50-54-42-22-14-16-24-44(42)56(50)36-19-11-8-12-20-36/h7-30H,1-6H3. The molecule has 0 atom stereocenters. The van der Waals surface area contributed by atoms with Crippen LogP contribution in [0.2, 0.25) is 0 Å². The summed E-state index contributed by atoms with van der Waals surface area (Å²) in [5.74, 6) is 1.94. The Morgan fingerprint density at radius 1 is 0.429 bits per heavy atom. The second-order valence-corrected chi connectivity index (χ2v) is 16.8. The third kappa shape index (κ3) is 4.41. The topological polar surface area (TPSA) is 35.6 Å². The lowest BCUT2D eigenvalue weighted by molar-refractivity contribution is 0.601. The zero-order chi connectivity index (χ0) is 38.1. The van der Waals surface area contributed by atoms with Gasteiger partial charge in [-0.05, 0) is 142 Å². The summed E-state index contributed by atoms with van der Waals surface area (Å²) in [4.78, 5) is 10.5. The van der Waals surface area contributed by atoms with Gasteiger partial charge >= 0.3 is 0 Å². The largest absolute Gasteiger partial charge is 0.292 e. The fourth-order valence-electron chi connectivity index (χ4n) is 10.2. The molecule has 0 amide bonds. The van der Waals surface area contributed by atoms with Crippen LogP contribution in [0, 0.1) is 13.8 Å². The highest BCUT2D eigenvalue weighted by atomic mass is 15.1. The van der Waals surface area contributed by atoms with Crippen LogP contribution in [0.25, 0.3) is 78.5 Å². The lowest BCUT2D eigenvalue weighted by Gasteiger charge is -2.31. The van der Waals surface area contributed by atoms with E-state index >= 15 is 0 Å². The second kappa shape index (κ2) is 11.5. The van der Waals surface area contributed by atoms with Crippen LogP contribution in [0.3, 0.4) is 0 Å². The molecule has 7 aromatic carbocycles. The molecule has 0 spiro atoms. The van der Waals surface area contributed by atoms with Crippen molar-refractivity contribution in [3.8, 4) is 56.4 Å². The van der Waals surface area contributed by atoms with Crippen molar-refractivity contribution in [1.29, 1.82) is 0 Å². The SMILES string of the molecule is Cc1cc(-c2nc3ccccc3n2-c2ccccc2)cc2c1-c1ccc3c(c1C2(C)C)C(C)(C)c1cc(-c2nc4ccccc4n2-c2ccccc2)cc(C)c1-3. The number of imidazole rings is 2. The van der Waals surface area contributed by atoms with Crippen molar-refractivity contribution in [3.63, 3.8) is 0 Å². The normalized spacial score (nSPS) is 14.5. The van der Waals surface area contributed by atoms with Gasteiger partial charge < -0.3 is 0 Å². The van der Waals surface area contributed by atoms with E-state index in [1.165, 1.54) is 55.6 Å². The van der Waals surface area contributed by atoms with Crippen molar-refractivity contribution in [1.82, 2.24) is 19.1 Å². The molecule has 0 N–H and O–H groups in total. The third-order valence-electron chi connectivity index (χ3n) is 12.7. The molecule has 2 heterocycles. The molecule has 0 radical (unpaired) electrons. The Hall–Kier alpha value is -6.52. The highest BCUT2D eigenvalue weighted by molar-refractivity contribution is 5.95. The Balaban J connectivity index is 1.08. The summed E-state index contributed by atoms with van der Waals surface area (Å²) in [5.41, 5.74) is 21.9. The average molecular weight is 723 g/mol. The van der Waals surface area contributed by atoms with Gasteiger partial charge in [0, 0.05) is 33.3 Å². The van der Waals surface area contributed by atoms with E-state index in [0.717, 1.165) is 56.2 Å². The quantitative estimate of drug-likeness (QED) is 0.181. The summed E-state index contributed by atoms with van der Waals surface area (Å²) in [6.07, 6.45) is 0. The Labute approximate surface area is 327 Å². The molecule has 0 unspecified atom stereocenters. The highest BCUT2D eigenvalue weighted by Crippen LogP contribution is 2.60. The number of nitrogens with zero attached hydrogens (tertiary/aromatic N) is 4. The van der Waals surface area contributed by atoms with Crippen LogP contribution < -0.4 is 0 Å². The number of fused-ring (bicyclic) bond motifs is 9. The van der Waals surface area contributed by atoms with E-state index in [9.17, 15) is 0 Å². The molecule has 0 fully saturated rings. The van der Waals surface area contributed by atoms with Crippen molar-refractivity contribution < 1.29 is 0 Å². The Morgan fingerprint density at radius 2 is 0.804 bits per heavy atom. The number of aryl methyl sites for hydroxylation is 2. The first kappa shape index (κ1) is 32.9. The minimum atomic E-state index is -0.238. The van der Waals surface area contributed by atoms with Gasteiger partial charge in [-0.1, -0.05) is 100 Å². The van der Waals surface area contributed by atoms with Crippen LogP contribution in [0.1, 0.15) is 61.1 Å². The number of rotatable bonds is 4. The average Bonchev–Trinajstić information content (AvgIpc) is 3.91. The van der Waals surface area contributed by atoms with Gasteiger partial charge in [0.1, 0.15) is 11.6 Å². The first-order valence-corrected chi connectivity index (χ1v) is 19.7. The Bertz CT molecular complexity index is 2880. The van der Waals surface area contributed by atoms with E-state index in [4.69, 9.17) is 9.97 Å². The van der Waals surface area contributed by atoms with E-state index in [1.807, 2.05) is 0 Å². The molecule has 2 aliphatic carbocycles. The van der Waals surface area contributed by atoms with Crippen LogP contribution >= 0.6 is 0 Å². The molecule has 270 valence electrons. The molecule has 2 aromatic heterocycles. The van der Waals surface area contributed by atoms with Crippen molar-refractivity contribution in [2.24, 2.45) is 0 Å². The lowest BCUT2D eigenvalue weighted by atomic mass is 9.72. The molecule has 0 aliphatic heterocycles. The predicted octanol–water partition coefficient (Wildman–Crippen LogP) is 12.9. The van der Waals surface area contributed by atoms with E-state index in [2.05, 4.69) is 196 Å². The second-order valence-electron chi connectivity index (χ2n) is 16.8. The van der Waals surface area contributed by atoms with E-state index < -0.39 is 0 Å². The van der Waals surface area contributed by atoms with Gasteiger partial charge in [0.15, 0.2) is 0 Å². The van der Waals surface area contributed by atoms with Crippen LogP contribution in [-0.4, -0.2) is 19.1 Å². The summed E-state index contributed by atoms with van der Waals surface area (Å²) in [6.45, 7) is 14.3. The van der Waals surface area contributed by atoms with Crippen LogP contribution in [-0.2, 0) is 10.8 Å². The summed E-state index contributed by atoms with van der Waals surface area (Å²) >= 11 is 0. The van der Waals surface area contributed by atoms with Crippen molar-refractivity contribution in [3.05, 3.63) is 179 Å². The number of aromatic nitrogens is 4. The molecule has 56 heavy (non-hydrogen) atoms. The number of benzene rings is 7. The first-order valence-electron chi connectivity index (χ1n) is 19.7. The molecule has 11 rings (SSSR count). The highest BCUT2D eigenvalue weighted by Gasteiger charge is 2.47. The minimum absolute atomic E-state index is 0.238. The van der Waals surface area contributed by atoms with Gasteiger partial charge in [0.25, 0.3) is 0 Å². The van der Waals surface area contributed by atoms with Gasteiger partial charge in [-0.25, -0.2) is 9.97 Å². The van der Waals surface area contributed by atoms with E-state index in [1.54, 1.807) is 0 Å². The van der Waals surface area contributed by atoms with Crippen molar-refractivity contribution in [2.75, 3.05) is 0 Å². The molecule has 0 saturated heterocycles. The van der Waals surface area contributed by atoms with Crippen LogP contribution in [0.4, 0.5) is 0 Å². The summed E-state index contributed by atoms with van der Waals surface area (Å²) in [5, 5.41) is 0. The first-order chi connectivity index (χ1) is 27.1. The molecular weight excluding hydrogens is 681 g/mol. The smallest absolute Gasteiger partial charge is 0.145 e. The Morgan fingerprint density at radius 3 is 1.21 bits per heavy atom. The summed E-state index contributed by atoms with van der Waals surface area (Å²) in [6, 6.07) is 52.6. The monoisotopic (exact) mass is 722 g/mol. The van der Waals surface area contributed by atoms with Crippen molar-refractivity contribution in [2.45, 2.75) is 52.4 Å². The number of hydrogen-bond donors (Lipinski definition) is 0. The van der Waals surface area contributed by atoms with Crippen LogP contribution in [0.5, 0.6) is 0 Å². The third-order valence-corrected chi connectivity index (χ3v) is 12.7. The number of para-hydroxylation sites is 6. The van der Waals surface area contributed by atoms with Crippen LogP contribution in [0.15, 0.2) is 146 Å². The van der Waals surface area contributed by atoms with E-state index in [-0.39, 0.29) is 10.8 Å². The van der Waals surface area contributed by atoms with Gasteiger partial charge in [-0.3, -0.25) is 9.13 Å². The zero-order valence-corrected chi connectivity index (χ0v) is 32.6. The molecule has 4 nitrogen and oxygen atoms in total. The fourth-order valence-corrected chi connectivity index (χ4v) is 10.2. The zero-order valence-electron chi connectivity index (χ0n) is 32.6. The minimum Gasteiger partial charge on any atom is -0.292 e. The lowest BCUT2D eigenvalue weighted by Crippen LogP contribution is -2.24. The molecule has 9 aromatic rings. The predicted molar refractivity (Wildman–Crippen MR) is 231 cm³/mol. The fraction of sp³-hybridized carbons (Fsp3) is 0.154. The number of hydrogen-bond acceptors (Lipinski definition) is 2.